The van der Waals surface area contributed by atoms with Crippen molar-refractivity contribution in [1.29, 1.82) is 0 Å². The molecule has 2 aromatic carbocycles. The van der Waals surface area contributed by atoms with E-state index in [0.29, 0.717) is 22.7 Å². The predicted molar refractivity (Wildman–Crippen MR) is 81.5 cm³/mol. The molecule has 6 heteroatoms. The Morgan fingerprint density at radius 2 is 2.14 bits per heavy atom. The van der Waals surface area contributed by atoms with Crippen LogP contribution in [0.15, 0.2) is 42.7 Å². The van der Waals surface area contributed by atoms with E-state index in [1.807, 2.05) is 0 Å². The first-order valence-corrected chi connectivity index (χ1v) is 6.35. The van der Waals surface area contributed by atoms with E-state index in [4.69, 9.17) is 10.5 Å². The van der Waals surface area contributed by atoms with Gasteiger partial charge in [-0.25, -0.2) is 4.98 Å². The normalized spacial score (nSPS) is 10.5. The largest absolute Gasteiger partial charge is 0.495 e. The summed E-state index contributed by atoms with van der Waals surface area (Å²) in [7, 11) is 1.55. The van der Waals surface area contributed by atoms with Crippen LogP contribution >= 0.6 is 0 Å². The highest BCUT2D eigenvalue weighted by molar-refractivity contribution is 6.06. The van der Waals surface area contributed by atoms with Crippen LogP contribution in [0.1, 0.15) is 10.4 Å². The number of anilines is 2. The van der Waals surface area contributed by atoms with Crippen molar-refractivity contribution in [2.45, 2.75) is 0 Å². The number of carbonyl (C=O) groups excluding carboxylic acids is 1. The van der Waals surface area contributed by atoms with Gasteiger partial charge in [0, 0.05) is 11.3 Å². The number of ether oxygens (including phenoxy) is 1. The second-order valence-corrected chi connectivity index (χ2v) is 4.55. The number of hydrogen-bond acceptors (Lipinski definition) is 4. The summed E-state index contributed by atoms with van der Waals surface area (Å²) in [6.07, 6.45) is 1.59. The Kier molecular flexibility index (Phi) is 3.19. The van der Waals surface area contributed by atoms with Gasteiger partial charge in [-0.15, -0.1) is 0 Å². The third-order valence-corrected chi connectivity index (χ3v) is 3.17. The molecule has 0 aliphatic carbocycles. The third kappa shape index (κ3) is 2.51. The maximum Gasteiger partial charge on any atom is 0.255 e. The van der Waals surface area contributed by atoms with Gasteiger partial charge >= 0.3 is 0 Å². The number of fused-ring (bicyclic) bond motifs is 1. The van der Waals surface area contributed by atoms with E-state index in [1.165, 1.54) is 0 Å². The molecule has 4 N–H and O–H groups in total. The zero-order valence-corrected chi connectivity index (χ0v) is 11.4. The van der Waals surface area contributed by atoms with Crippen molar-refractivity contribution in [2.75, 3.05) is 18.2 Å². The summed E-state index contributed by atoms with van der Waals surface area (Å²) in [5.41, 5.74) is 9.08. The number of aromatic amines is 1. The van der Waals surface area contributed by atoms with Crippen LogP contribution in [0.3, 0.4) is 0 Å². The van der Waals surface area contributed by atoms with Crippen molar-refractivity contribution in [3.63, 3.8) is 0 Å². The molecular formula is C15H14N4O2. The standard InChI is InChI=1S/C15H14N4O2/c1-21-14-5-3-10(7-11(14)16)19-15(20)9-2-4-12-13(6-9)18-8-17-12/h2-8H,16H2,1H3,(H,17,18)(H,19,20). The number of nitrogens with zero attached hydrogens (tertiary/aromatic N) is 1. The summed E-state index contributed by atoms with van der Waals surface area (Å²) in [4.78, 5) is 19.3. The molecule has 106 valence electrons. The summed E-state index contributed by atoms with van der Waals surface area (Å²) in [6, 6.07) is 10.4. The molecule has 0 aliphatic rings. The zero-order chi connectivity index (χ0) is 14.8. The molecule has 1 heterocycles. The van der Waals surface area contributed by atoms with E-state index in [9.17, 15) is 4.79 Å². The molecule has 0 atom stereocenters. The summed E-state index contributed by atoms with van der Waals surface area (Å²) >= 11 is 0. The molecule has 21 heavy (non-hydrogen) atoms. The van der Waals surface area contributed by atoms with E-state index < -0.39 is 0 Å². The molecule has 3 rings (SSSR count). The number of rotatable bonds is 3. The minimum absolute atomic E-state index is 0.212. The Morgan fingerprint density at radius 3 is 2.90 bits per heavy atom. The first kappa shape index (κ1) is 13.0. The van der Waals surface area contributed by atoms with E-state index in [1.54, 1.807) is 49.8 Å². The molecule has 0 saturated heterocycles. The van der Waals surface area contributed by atoms with Crippen LogP contribution < -0.4 is 15.8 Å². The number of methoxy groups -OCH3 is 1. The number of carbonyl (C=O) groups is 1. The minimum atomic E-state index is -0.212. The van der Waals surface area contributed by atoms with Crippen molar-refractivity contribution in [3.05, 3.63) is 48.3 Å². The van der Waals surface area contributed by atoms with Gasteiger partial charge in [-0.3, -0.25) is 4.79 Å². The minimum Gasteiger partial charge on any atom is -0.495 e. The van der Waals surface area contributed by atoms with Crippen molar-refractivity contribution in [3.8, 4) is 5.75 Å². The van der Waals surface area contributed by atoms with Gasteiger partial charge < -0.3 is 20.8 Å². The van der Waals surface area contributed by atoms with Crippen molar-refractivity contribution in [1.82, 2.24) is 9.97 Å². The van der Waals surface area contributed by atoms with Crippen LogP contribution in [0.5, 0.6) is 5.75 Å². The van der Waals surface area contributed by atoms with E-state index in [0.717, 1.165) is 11.0 Å². The van der Waals surface area contributed by atoms with Gasteiger partial charge in [0.05, 0.1) is 30.2 Å². The molecule has 6 nitrogen and oxygen atoms in total. The van der Waals surface area contributed by atoms with Crippen LogP contribution in [0.25, 0.3) is 11.0 Å². The fraction of sp³-hybridized carbons (Fsp3) is 0.0667. The fourth-order valence-corrected chi connectivity index (χ4v) is 2.09. The second kappa shape index (κ2) is 5.16. The number of hydrogen-bond donors (Lipinski definition) is 3. The van der Waals surface area contributed by atoms with E-state index in [2.05, 4.69) is 15.3 Å². The van der Waals surface area contributed by atoms with Crippen molar-refractivity contribution < 1.29 is 9.53 Å². The number of imidazole rings is 1. The lowest BCUT2D eigenvalue weighted by molar-refractivity contribution is 0.102. The summed E-state index contributed by atoms with van der Waals surface area (Å²) in [5.74, 6) is 0.364. The van der Waals surface area contributed by atoms with Crippen LogP contribution in [-0.2, 0) is 0 Å². The molecule has 0 fully saturated rings. The smallest absolute Gasteiger partial charge is 0.255 e. The van der Waals surface area contributed by atoms with Crippen LogP contribution in [0, 0.1) is 0 Å². The number of nitrogen functional groups attached to an aromatic ring is 1. The van der Waals surface area contributed by atoms with E-state index in [-0.39, 0.29) is 5.91 Å². The van der Waals surface area contributed by atoms with Gasteiger partial charge in [0.2, 0.25) is 0 Å². The Balaban J connectivity index is 1.83. The maximum absolute atomic E-state index is 12.2. The number of benzene rings is 2. The van der Waals surface area contributed by atoms with Crippen LogP contribution in [0.2, 0.25) is 0 Å². The van der Waals surface area contributed by atoms with Gasteiger partial charge in [0.25, 0.3) is 5.91 Å². The highest BCUT2D eigenvalue weighted by atomic mass is 16.5. The van der Waals surface area contributed by atoms with Gasteiger partial charge in [-0.2, -0.15) is 0 Å². The fourth-order valence-electron chi connectivity index (χ4n) is 2.09. The molecule has 3 aromatic rings. The Bertz CT molecular complexity index is 810. The highest BCUT2D eigenvalue weighted by Crippen LogP contribution is 2.25. The first-order chi connectivity index (χ1) is 10.2. The molecule has 1 aromatic heterocycles. The predicted octanol–water partition coefficient (Wildman–Crippen LogP) is 2.41. The average Bonchev–Trinajstić information content (AvgIpc) is 2.94. The molecule has 0 bridgehead atoms. The van der Waals surface area contributed by atoms with Crippen LogP contribution in [-0.4, -0.2) is 23.0 Å². The molecular weight excluding hydrogens is 268 g/mol. The van der Waals surface area contributed by atoms with Gasteiger partial charge in [-0.05, 0) is 36.4 Å². The van der Waals surface area contributed by atoms with Gasteiger partial charge in [-0.1, -0.05) is 0 Å². The third-order valence-electron chi connectivity index (χ3n) is 3.17. The monoisotopic (exact) mass is 282 g/mol. The number of amides is 1. The number of nitrogens with one attached hydrogen (secondary N) is 2. The lowest BCUT2D eigenvalue weighted by atomic mass is 10.2. The maximum atomic E-state index is 12.2. The SMILES string of the molecule is COc1ccc(NC(=O)c2ccc3nc[nH]c3c2)cc1N. The molecule has 1 amide bonds. The zero-order valence-electron chi connectivity index (χ0n) is 11.4. The lowest BCUT2D eigenvalue weighted by Gasteiger charge is -2.09. The second-order valence-electron chi connectivity index (χ2n) is 4.55. The molecule has 0 radical (unpaired) electrons. The van der Waals surface area contributed by atoms with E-state index >= 15 is 0 Å². The number of H-pyrrole nitrogens is 1. The molecule has 0 aliphatic heterocycles. The lowest BCUT2D eigenvalue weighted by Crippen LogP contribution is -2.12. The summed E-state index contributed by atoms with van der Waals surface area (Å²) in [5, 5.41) is 2.80. The topological polar surface area (TPSA) is 93.0 Å². The molecule has 0 spiro atoms. The van der Waals surface area contributed by atoms with Crippen LogP contribution in [0.4, 0.5) is 11.4 Å². The first-order valence-electron chi connectivity index (χ1n) is 6.35. The Hall–Kier alpha value is -3.02. The summed E-state index contributed by atoms with van der Waals surface area (Å²) in [6.45, 7) is 0. The Labute approximate surface area is 120 Å². The average molecular weight is 282 g/mol. The van der Waals surface area contributed by atoms with Crippen molar-refractivity contribution >= 4 is 28.3 Å². The Morgan fingerprint density at radius 1 is 1.29 bits per heavy atom. The van der Waals surface area contributed by atoms with Gasteiger partial charge in [0.1, 0.15) is 5.75 Å². The number of aromatic nitrogens is 2. The quantitative estimate of drug-likeness (QED) is 0.643. The van der Waals surface area contributed by atoms with Gasteiger partial charge in [0.15, 0.2) is 0 Å². The highest BCUT2D eigenvalue weighted by Gasteiger charge is 2.09. The molecule has 0 saturated carbocycles. The van der Waals surface area contributed by atoms with Crippen molar-refractivity contribution in [2.24, 2.45) is 0 Å². The number of nitrogens with two attached hydrogens (primary N) is 1. The molecule has 0 unspecified atom stereocenters. The summed E-state index contributed by atoms with van der Waals surface area (Å²) < 4.78 is 5.08.